The Hall–Kier alpha value is -1.32. The monoisotopic (exact) mass is 225 g/mol. The molecule has 1 fully saturated rings. The first kappa shape index (κ1) is 12.7. The molecule has 0 aromatic heterocycles. The third-order valence-electron chi connectivity index (χ3n) is 2.74. The number of hydrogen-bond donors (Lipinski definition) is 0. The fourth-order valence-corrected chi connectivity index (χ4v) is 1.74. The second-order valence-electron chi connectivity index (χ2n) is 4.36. The van der Waals surface area contributed by atoms with Crippen molar-refractivity contribution in [3.63, 3.8) is 0 Å². The molecule has 0 aromatic rings. The summed E-state index contributed by atoms with van der Waals surface area (Å²) in [4.78, 5) is 24.8. The summed E-state index contributed by atoms with van der Waals surface area (Å²) < 4.78 is 4.93. The molecular formula is C12H19NO3. The fraction of sp³-hybridized carbons (Fsp3) is 0.667. The topological polar surface area (TPSA) is 46.6 Å². The average Bonchev–Trinajstić information content (AvgIpc) is 2.59. The van der Waals surface area contributed by atoms with E-state index in [1.807, 2.05) is 26.8 Å². The number of carbonyl (C=O) groups is 2. The van der Waals surface area contributed by atoms with Crippen LogP contribution < -0.4 is 0 Å². The zero-order valence-electron chi connectivity index (χ0n) is 10.3. The number of imide groups is 1. The number of cyclic esters (lactones) is 1. The van der Waals surface area contributed by atoms with Gasteiger partial charge >= 0.3 is 6.09 Å². The van der Waals surface area contributed by atoms with Gasteiger partial charge in [-0.25, -0.2) is 9.69 Å². The number of allylic oxidation sites excluding steroid dienone is 1. The van der Waals surface area contributed by atoms with Crippen LogP contribution in [0, 0.1) is 5.92 Å². The molecule has 0 N–H and O–H groups in total. The standard InChI is InChI=1S/C12H19NO3/c1-5-6-9(4)11(14)13-10(8(2)3)7-16-12(13)15/h6,8,10H,5,7H2,1-4H3/b9-6+/t10-/m1/s1. The van der Waals surface area contributed by atoms with E-state index in [1.54, 1.807) is 6.92 Å². The molecule has 2 amide bonds. The van der Waals surface area contributed by atoms with Crippen LogP contribution in [0.4, 0.5) is 4.79 Å². The number of nitrogens with zero attached hydrogens (tertiary/aromatic N) is 1. The van der Waals surface area contributed by atoms with Gasteiger partial charge in [0.1, 0.15) is 6.61 Å². The van der Waals surface area contributed by atoms with Crippen LogP contribution in [-0.4, -0.2) is 29.5 Å². The molecule has 1 aliphatic heterocycles. The summed E-state index contributed by atoms with van der Waals surface area (Å²) in [5.41, 5.74) is 0.604. The normalized spacial score (nSPS) is 21.6. The van der Waals surface area contributed by atoms with E-state index in [1.165, 1.54) is 4.90 Å². The van der Waals surface area contributed by atoms with Crippen molar-refractivity contribution in [3.8, 4) is 0 Å². The number of ether oxygens (including phenoxy) is 1. The van der Waals surface area contributed by atoms with Crippen molar-refractivity contribution < 1.29 is 14.3 Å². The van der Waals surface area contributed by atoms with Gasteiger partial charge in [0, 0.05) is 5.57 Å². The summed E-state index contributed by atoms with van der Waals surface area (Å²) in [5.74, 6) is -0.0205. The van der Waals surface area contributed by atoms with E-state index in [0.717, 1.165) is 6.42 Å². The van der Waals surface area contributed by atoms with Crippen molar-refractivity contribution in [2.75, 3.05) is 6.61 Å². The molecule has 16 heavy (non-hydrogen) atoms. The summed E-state index contributed by atoms with van der Waals surface area (Å²) in [6.45, 7) is 7.95. The Labute approximate surface area is 96.3 Å². The third-order valence-corrected chi connectivity index (χ3v) is 2.74. The van der Waals surface area contributed by atoms with Gasteiger partial charge in [0.15, 0.2) is 0 Å². The van der Waals surface area contributed by atoms with Crippen LogP contribution in [0.1, 0.15) is 34.1 Å². The van der Waals surface area contributed by atoms with Gasteiger partial charge in [-0.2, -0.15) is 0 Å². The lowest BCUT2D eigenvalue weighted by Gasteiger charge is -2.22. The first-order valence-corrected chi connectivity index (χ1v) is 5.66. The summed E-state index contributed by atoms with van der Waals surface area (Å²) in [6.07, 6.45) is 2.09. The zero-order valence-corrected chi connectivity index (χ0v) is 10.3. The highest BCUT2D eigenvalue weighted by Gasteiger charge is 2.39. The average molecular weight is 225 g/mol. The van der Waals surface area contributed by atoms with Gasteiger partial charge in [-0.3, -0.25) is 4.79 Å². The van der Waals surface area contributed by atoms with E-state index in [4.69, 9.17) is 4.74 Å². The highest BCUT2D eigenvalue weighted by Crippen LogP contribution is 2.21. The third kappa shape index (κ3) is 2.43. The molecule has 90 valence electrons. The van der Waals surface area contributed by atoms with Crippen molar-refractivity contribution >= 4 is 12.0 Å². The highest BCUT2D eigenvalue weighted by molar-refractivity contribution is 6.03. The van der Waals surface area contributed by atoms with Crippen molar-refractivity contribution in [2.45, 2.75) is 40.2 Å². The lowest BCUT2D eigenvalue weighted by molar-refractivity contribution is -0.125. The molecule has 0 spiro atoms. The van der Waals surface area contributed by atoms with Gasteiger partial charge < -0.3 is 4.74 Å². The molecule has 0 bridgehead atoms. The predicted octanol–water partition coefficient (Wildman–Crippen LogP) is 2.35. The first-order valence-electron chi connectivity index (χ1n) is 5.66. The Morgan fingerprint density at radius 2 is 2.25 bits per heavy atom. The van der Waals surface area contributed by atoms with Crippen LogP contribution in [0.15, 0.2) is 11.6 Å². The maximum Gasteiger partial charge on any atom is 0.417 e. The second-order valence-corrected chi connectivity index (χ2v) is 4.36. The molecule has 4 heteroatoms. The molecular weight excluding hydrogens is 206 g/mol. The molecule has 1 saturated heterocycles. The molecule has 1 heterocycles. The Balaban J connectivity index is 2.88. The zero-order chi connectivity index (χ0) is 12.3. The van der Waals surface area contributed by atoms with E-state index >= 15 is 0 Å². The minimum absolute atomic E-state index is 0.139. The molecule has 4 nitrogen and oxygen atoms in total. The number of rotatable bonds is 3. The van der Waals surface area contributed by atoms with Gasteiger partial charge in [-0.15, -0.1) is 0 Å². The van der Waals surface area contributed by atoms with Crippen molar-refractivity contribution in [2.24, 2.45) is 5.92 Å². The van der Waals surface area contributed by atoms with Gasteiger partial charge in [0.25, 0.3) is 5.91 Å². The predicted molar refractivity (Wildman–Crippen MR) is 60.9 cm³/mol. The molecule has 0 saturated carbocycles. The number of hydrogen-bond acceptors (Lipinski definition) is 3. The Bertz CT molecular complexity index is 320. The fourth-order valence-electron chi connectivity index (χ4n) is 1.74. The minimum atomic E-state index is -0.521. The van der Waals surface area contributed by atoms with Crippen LogP contribution >= 0.6 is 0 Å². The van der Waals surface area contributed by atoms with Gasteiger partial charge in [-0.05, 0) is 19.3 Å². The molecule has 0 radical (unpaired) electrons. The summed E-state index contributed by atoms with van der Waals surface area (Å²) in [6, 6.07) is -0.139. The molecule has 0 unspecified atom stereocenters. The van der Waals surface area contributed by atoms with Crippen LogP contribution in [0.25, 0.3) is 0 Å². The van der Waals surface area contributed by atoms with Crippen molar-refractivity contribution in [1.82, 2.24) is 4.90 Å². The Kier molecular flexibility index (Phi) is 4.10. The highest BCUT2D eigenvalue weighted by atomic mass is 16.6. The summed E-state index contributed by atoms with van der Waals surface area (Å²) in [5, 5.41) is 0. The summed E-state index contributed by atoms with van der Waals surface area (Å²) in [7, 11) is 0. The van der Waals surface area contributed by atoms with E-state index in [0.29, 0.717) is 12.2 Å². The van der Waals surface area contributed by atoms with Crippen LogP contribution in [0.3, 0.4) is 0 Å². The maximum absolute atomic E-state index is 12.0. The molecule has 0 aliphatic carbocycles. The van der Waals surface area contributed by atoms with Gasteiger partial charge in [-0.1, -0.05) is 26.8 Å². The SMILES string of the molecule is CC/C=C(\C)C(=O)N1C(=O)OC[C@@H]1C(C)C. The molecule has 0 aromatic carbocycles. The van der Waals surface area contributed by atoms with E-state index < -0.39 is 6.09 Å². The summed E-state index contributed by atoms with van der Waals surface area (Å²) >= 11 is 0. The number of carbonyl (C=O) groups excluding carboxylic acids is 2. The second kappa shape index (κ2) is 5.14. The van der Waals surface area contributed by atoms with Gasteiger partial charge in [0.05, 0.1) is 6.04 Å². The minimum Gasteiger partial charge on any atom is -0.447 e. The Morgan fingerprint density at radius 1 is 1.62 bits per heavy atom. The maximum atomic E-state index is 12.0. The van der Waals surface area contributed by atoms with Crippen molar-refractivity contribution in [3.05, 3.63) is 11.6 Å². The van der Waals surface area contributed by atoms with Crippen LogP contribution in [-0.2, 0) is 9.53 Å². The van der Waals surface area contributed by atoms with Crippen LogP contribution in [0.2, 0.25) is 0 Å². The molecule has 1 aliphatic rings. The van der Waals surface area contributed by atoms with Crippen molar-refractivity contribution in [1.29, 1.82) is 0 Å². The van der Waals surface area contributed by atoms with E-state index in [9.17, 15) is 9.59 Å². The largest absolute Gasteiger partial charge is 0.447 e. The van der Waals surface area contributed by atoms with Crippen LogP contribution in [0.5, 0.6) is 0 Å². The van der Waals surface area contributed by atoms with Gasteiger partial charge in [0.2, 0.25) is 0 Å². The van der Waals surface area contributed by atoms with E-state index in [2.05, 4.69) is 0 Å². The molecule has 1 atom stereocenters. The van der Waals surface area contributed by atoms with E-state index in [-0.39, 0.29) is 17.9 Å². The Morgan fingerprint density at radius 3 is 2.75 bits per heavy atom. The molecule has 1 rings (SSSR count). The lowest BCUT2D eigenvalue weighted by Crippen LogP contribution is -2.42. The quantitative estimate of drug-likeness (QED) is 0.693. The first-order chi connectivity index (χ1) is 7.49. The number of amides is 2. The lowest BCUT2D eigenvalue weighted by atomic mass is 10.0. The smallest absolute Gasteiger partial charge is 0.417 e.